The molecular formula is C16H21NO4. The fourth-order valence-corrected chi connectivity index (χ4v) is 2.99. The molecule has 0 aliphatic carbocycles. The number of hydrogen-bond donors (Lipinski definition) is 0. The minimum atomic E-state index is -0.595. The zero-order chi connectivity index (χ0) is 15.4. The molecule has 21 heavy (non-hydrogen) atoms. The first-order valence-electron chi connectivity index (χ1n) is 7.11. The van der Waals surface area contributed by atoms with Gasteiger partial charge in [0.25, 0.3) is 0 Å². The monoisotopic (exact) mass is 291 g/mol. The summed E-state index contributed by atoms with van der Waals surface area (Å²) in [6.45, 7) is 2.06. The van der Waals surface area contributed by atoms with Gasteiger partial charge in [0.15, 0.2) is 0 Å². The molecular weight excluding hydrogens is 270 g/mol. The van der Waals surface area contributed by atoms with Gasteiger partial charge in [-0.05, 0) is 26.0 Å². The van der Waals surface area contributed by atoms with E-state index in [9.17, 15) is 9.59 Å². The van der Waals surface area contributed by atoms with Crippen molar-refractivity contribution in [3.8, 4) is 0 Å². The van der Waals surface area contributed by atoms with Crippen LogP contribution in [0.5, 0.6) is 0 Å². The molecule has 0 spiro atoms. The van der Waals surface area contributed by atoms with Gasteiger partial charge in [-0.3, -0.25) is 14.5 Å². The number of ether oxygens (including phenoxy) is 2. The summed E-state index contributed by atoms with van der Waals surface area (Å²) in [5.41, 5.74) is 1.08. The Kier molecular flexibility index (Phi) is 4.96. The molecule has 0 bridgehead atoms. The number of esters is 2. The molecule has 5 heteroatoms. The lowest BCUT2D eigenvalue weighted by molar-refractivity contribution is -0.157. The zero-order valence-corrected chi connectivity index (χ0v) is 12.6. The van der Waals surface area contributed by atoms with Gasteiger partial charge in [-0.15, -0.1) is 0 Å². The topological polar surface area (TPSA) is 55.8 Å². The Morgan fingerprint density at radius 1 is 1.24 bits per heavy atom. The van der Waals surface area contributed by atoms with Gasteiger partial charge in [0, 0.05) is 6.04 Å². The van der Waals surface area contributed by atoms with Crippen molar-refractivity contribution in [2.24, 2.45) is 5.92 Å². The Morgan fingerprint density at radius 2 is 1.90 bits per heavy atom. The minimum Gasteiger partial charge on any atom is -0.469 e. The summed E-state index contributed by atoms with van der Waals surface area (Å²) in [7, 11) is 3.20. The average Bonchev–Trinajstić information content (AvgIpc) is 2.85. The summed E-state index contributed by atoms with van der Waals surface area (Å²) >= 11 is 0. The van der Waals surface area contributed by atoms with E-state index in [1.165, 1.54) is 7.11 Å². The maximum Gasteiger partial charge on any atom is 0.324 e. The Balaban J connectivity index is 2.28. The fraction of sp³-hybridized carbons (Fsp3) is 0.500. The highest BCUT2D eigenvalue weighted by Crippen LogP contribution is 2.39. The summed E-state index contributed by atoms with van der Waals surface area (Å²) in [6, 6.07) is 9.26. The van der Waals surface area contributed by atoms with Crippen LogP contribution in [0.4, 0.5) is 0 Å². The van der Waals surface area contributed by atoms with Crippen molar-refractivity contribution in [3.63, 3.8) is 0 Å². The summed E-state index contributed by atoms with van der Waals surface area (Å²) in [5, 5.41) is 0. The van der Waals surface area contributed by atoms with Gasteiger partial charge < -0.3 is 9.47 Å². The Labute approximate surface area is 124 Å². The second kappa shape index (κ2) is 6.72. The highest BCUT2D eigenvalue weighted by molar-refractivity contribution is 5.85. The standard InChI is InChI=1S/C16H21NO4/c1-4-21-16(19)14-12(15(18)20-3)10-13(17(14)2)11-8-6-5-7-9-11/h5-9,12-14H,4,10H2,1-3H3. The maximum absolute atomic E-state index is 12.2. The smallest absolute Gasteiger partial charge is 0.324 e. The van der Waals surface area contributed by atoms with Crippen LogP contribution in [0.3, 0.4) is 0 Å². The normalized spacial score (nSPS) is 25.6. The van der Waals surface area contributed by atoms with Gasteiger partial charge in [0.1, 0.15) is 6.04 Å². The van der Waals surface area contributed by atoms with Gasteiger partial charge >= 0.3 is 11.9 Å². The van der Waals surface area contributed by atoms with Gasteiger partial charge in [-0.25, -0.2) is 0 Å². The number of hydrogen-bond acceptors (Lipinski definition) is 5. The second-order valence-corrected chi connectivity index (χ2v) is 5.15. The lowest BCUT2D eigenvalue weighted by atomic mass is 9.96. The van der Waals surface area contributed by atoms with Crippen LogP contribution < -0.4 is 0 Å². The molecule has 0 N–H and O–H groups in total. The van der Waals surface area contributed by atoms with Gasteiger partial charge in [0.05, 0.1) is 19.6 Å². The molecule has 1 heterocycles. The number of likely N-dealkylation sites (tertiary alicyclic amines) is 1. The Morgan fingerprint density at radius 3 is 2.48 bits per heavy atom. The lowest BCUT2D eigenvalue weighted by Crippen LogP contribution is -2.42. The van der Waals surface area contributed by atoms with Crippen molar-refractivity contribution in [2.75, 3.05) is 20.8 Å². The van der Waals surface area contributed by atoms with E-state index in [1.54, 1.807) is 6.92 Å². The first-order valence-corrected chi connectivity index (χ1v) is 7.11. The van der Waals surface area contributed by atoms with Gasteiger partial charge in [0.2, 0.25) is 0 Å². The van der Waals surface area contributed by atoms with Crippen LogP contribution in [0.1, 0.15) is 24.9 Å². The molecule has 3 unspecified atom stereocenters. The van der Waals surface area contributed by atoms with Crippen LogP contribution >= 0.6 is 0 Å². The van der Waals surface area contributed by atoms with Crippen molar-refractivity contribution >= 4 is 11.9 Å². The quantitative estimate of drug-likeness (QED) is 0.792. The summed E-state index contributed by atoms with van der Waals surface area (Å²) < 4.78 is 9.97. The predicted molar refractivity (Wildman–Crippen MR) is 77.5 cm³/mol. The Hall–Kier alpha value is -1.88. The maximum atomic E-state index is 12.2. The molecule has 1 aromatic carbocycles. The van der Waals surface area contributed by atoms with Crippen LogP contribution in [0.2, 0.25) is 0 Å². The van der Waals surface area contributed by atoms with E-state index in [-0.39, 0.29) is 18.0 Å². The third kappa shape index (κ3) is 3.08. The SMILES string of the molecule is CCOC(=O)C1C(C(=O)OC)CC(c2ccccc2)N1C. The highest BCUT2D eigenvalue weighted by Gasteiger charge is 2.48. The van der Waals surface area contributed by atoms with E-state index in [0.29, 0.717) is 13.0 Å². The predicted octanol–water partition coefficient (Wildman–Crippen LogP) is 1.78. The molecule has 1 aliphatic rings. The van der Waals surface area contributed by atoms with Crippen molar-refractivity contribution in [3.05, 3.63) is 35.9 Å². The van der Waals surface area contributed by atoms with E-state index >= 15 is 0 Å². The van der Waals surface area contributed by atoms with Crippen LogP contribution in [0, 0.1) is 5.92 Å². The molecule has 3 atom stereocenters. The minimum absolute atomic E-state index is 0.00436. The highest BCUT2D eigenvalue weighted by atomic mass is 16.5. The molecule has 5 nitrogen and oxygen atoms in total. The zero-order valence-electron chi connectivity index (χ0n) is 12.6. The van der Waals surface area contributed by atoms with E-state index in [2.05, 4.69) is 0 Å². The number of likely N-dealkylation sites (N-methyl/N-ethyl adjacent to an activating group) is 1. The van der Waals surface area contributed by atoms with Gasteiger partial charge in [-0.2, -0.15) is 0 Å². The average molecular weight is 291 g/mol. The second-order valence-electron chi connectivity index (χ2n) is 5.15. The molecule has 2 rings (SSSR count). The van der Waals surface area contributed by atoms with Crippen LogP contribution in [0.25, 0.3) is 0 Å². The molecule has 0 amide bonds. The lowest BCUT2D eigenvalue weighted by Gasteiger charge is -2.25. The van der Waals surface area contributed by atoms with Crippen molar-refractivity contribution < 1.29 is 19.1 Å². The van der Waals surface area contributed by atoms with Crippen LogP contribution in [-0.2, 0) is 19.1 Å². The van der Waals surface area contributed by atoms with E-state index in [1.807, 2.05) is 42.3 Å². The van der Waals surface area contributed by atoms with E-state index < -0.39 is 12.0 Å². The first-order chi connectivity index (χ1) is 10.1. The summed E-state index contributed by atoms with van der Waals surface area (Å²) in [6.07, 6.45) is 0.552. The number of benzene rings is 1. The molecule has 1 saturated heterocycles. The van der Waals surface area contributed by atoms with Crippen molar-refractivity contribution in [1.82, 2.24) is 4.90 Å². The van der Waals surface area contributed by atoms with E-state index in [4.69, 9.17) is 9.47 Å². The van der Waals surface area contributed by atoms with E-state index in [0.717, 1.165) is 5.56 Å². The van der Waals surface area contributed by atoms with Crippen molar-refractivity contribution in [1.29, 1.82) is 0 Å². The van der Waals surface area contributed by atoms with Crippen molar-refractivity contribution in [2.45, 2.75) is 25.4 Å². The molecule has 0 saturated carbocycles. The number of carbonyl (C=O) groups excluding carboxylic acids is 2. The number of carbonyl (C=O) groups is 2. The summed E-state index contributed by atoms with van der Waals surface area (Å²) in [4.78, 5) is 26.1. The van der Waals surface area contributed by atoms with Gasteiger partial charge in [-0.1, -0.05) is 30.3 Å². The molecule has 0 aromatic heterocycles. The van der Waals surface area contributed by atoms with Crippen LogP contribution in [-0.4, -0.2) is 43.6 Å². The molecule has 114 valence electrons. The fourth-order valence-electron chi connectivity index (χ4n) is 2.99. The molecule has 1 aromatic rings. The molecule has 0 radical (unpaired) electrons. The Bertz CT molecular complexity index is 502. The number of methoxy groups -OCH3 is 1. The first kappa shape index (κ1) is 15.5. The van der Waals surface area contributed by atoms with Crippen LogP contribution in [0.15, 0.2) is 30.3 Å². The largest absolute Gasteiger partial charge is 0.469 e. The third-order valence-electron chi connectivity index (χ3n) is 4.01. The number of rotatable bonds is 4. The molecule has 1 fully saturated rings. The number of nitrogens with zero attached hydrogens (tertiary/aromatic N) is 1. The molecule has 1 aliphatic heterocycles. The summed E-state index contributed by atoms with van der Waals surface area (Å²) in [5.74, 6) is -1.23. The third-order valence-corrected chi connectivity index (χ3v) is 4.01.